The molecule has 0 N–H and O–H groups in total. The molecule has 0 amide bonds. The zero-order valence-corrected chi connectivity index (χ0v) is 79.4. The second kappa shape index (κ2) is 32.4. The first-order chi connectivity index (χ1) is 72.9. The highest BCUT2D eigenvalue weighted by molar-refractivity contribution is 7.26. The minimum absolute atomic E-state index is 0.825. The average molecular weight is 1900 g/mol. The summed E-state index contributed by atoms with van der Waals surface area (Å²) in [4.78, 5) is 31.2. The van der Waals surface area contributed by atoms with Crippen molar-refractivity contribution in [2.45, 2.75) is 0 Å². The SMILES string of the molecule is c1ccc2c(c1)nc(-n1c3ccccc3c3cc(-c4ccc(-c5ccc6oc7ccccc7c6c5)cc4)ccc31)n1c3ccccc3nc21.c1ccc2c(c1)nc(-n1c3ccccc3c3cc(-c4ccc(-c5cccc6c5oc5ccccc56)cc4)ccc31)n1c3ccccc3nc21.c1ccc2c(c1)nc(-n1c3ccccc3c3cc(-c4ccc(-c5cccc6c5sc5ccccc56)cc4)ccc31)n1c3ccccc3nc21. The standard InChI is InChI=1S/2C44H26N4O.C44H26N4S/c1-4-15-36-34(12-1)43-45-37-16-5-7-18-40(37)48(43)44(46-36)47-38-17-6-2-10-31(38)35-26-29(24-25-39(35)47)27-20-22-28(23-21-27)30-13-9-14-33-32-11-3-8-19-41(32)49-42(30)33;1-4-12-36-33(11-1)43-45-37-13-5-7-15-40(37)48(43)44(46-36)47-38-14-6-2-9-31(38)34-25-29(21-23-39(34)47)27-17-19-28(20-18-27)30-22-24-42-35(26-30)32-10-3-8-16-41(32)49-42;1-4-15-36-34(12-1)43-45-37-16-5-7-18-40(37)48(43)44(46-36)47-38-17-6-2-10-31(38)35-26-29(24-25-39(35)47)27-20-22-28(23-21-27)30-13-9-14-33-32-11-3-8-19-41(32)49-42(30)33/h3*1-26H. The van der Waals surface area contributed by atoms with Gasteiger partial charge in [0.15, 0.2) is 0 Å². The third kappa shape index (κ3) is 12.8. The van der Waals surface area contributed by atoms with Gasteiger partial charge in [0.1, 0.15) is 39.3 Å². The van der Waals surface area contributed by atoms with E-state index in [1.807, 2.05) is 72.0 Å². The number of hydrogen-bond acceptors (Lipinski definition) is 9. The molecule has 0 saturated carbocycles. The van der Waals surface area contributed by atoms with Crippen LogP contribution in [-0.2, 0) is 0 Å². The third-order valence-electron chi connectivity index (χ3n) is 29.8. The molecule has 12 heterocycles. The fourth-order valence-corrected chi connectivity index (χ4v) is 24.2. The van der Waals surface area contributed by atoms with Crippen molar-refractivity contribution in [3.05, 3.63) is 473 Å². The minimum Gasteiger partial charge on any atom is -0.456 e. The van der Waals surface area contributed by atoms with Crippen LogP contribution in [0, 0.1) is 0 Å². The van der Waals surface area contributed by atoms with Crippen molar-refractivity contribution in [3.63, 3.8) is 0 Å². The average Bonchev–Trinajstić information content (AvgIpc) is 1.56. The van der Waals surface area contributed by atoms with Crippen LogP contribution in [0.15, 0.2) is 482 Å². The predicted molar refractivity (Wildman–Crippen MR) is 607 cm³/mol. The molecule has 33 aromatic rings. The molecule has 12 aromatic heterocycles. The van der Waals surface area contributed by atoms with Gasteiger partial charge >= 0.3 is 0 Å². The normalized spacial score (nSPS) is 12.1. The first kappa shape index (κ1) is 82.0. The first-order valence-corrected chi connectivity index (χ1v) is 50.3. The lowest BCUT2D eigenvalue weighted by atomic mass is 9.98. The summed E-state index contributed by atoms with van der Waals surface area (Å²) in [6, 6.07) is 167. The van der Waals surface area contributed by atoms with Gasteiger partial charge in [0.25, 0.3) is 0 Å². The second-order valence-electron chi connectivity index (χ2n) is 37.9. The van der Waals surface area contributed by atoms with Gasteiger partial charge in [0.2, 0.25) is 17.8 Å². The monoisotopic (exact) mass is 1890 g/mol. The van der Waals surface area contributed by atoms with Crippen molar-refractivity contribution in [3.8, 4) is 84.6 Å². The molecule has 0 saturated heterocycles. The van der Waals surface area contributed by atoms with E-state index in [2.05, 4.69) is 439 Å². The highest BCUT2D eigenvalue weighted by Crippen LogP contribution is 2.47. The summed E-state index contributed by atoms with van der Waals surface area (Å²) in [5, 5.41) is 17.4. The quantitative estimate of drug-likeness (QED) is 0.140. The lowest BCUT2D eigenvalue weighted by molar-refractivity contribution is 0.669. The molecule has 0 spiro atoms. The number of fused-ring (bicyclic) bond motifs is 33. The molecule has 0 aliphatic heterocycles. The van der Waals surface area contributed by atoms with E-state index in [9.17, 15) is 0 Å². The predicted octanol–water partition coefficient (Wildman–Crippen LogP) is 34.6. The summed E-state index contributed by atoms with van der Waals surface area (Å²) in [5.74, 6) is 2.49. The number of rotatable bonds is 9. The van der Waals surface area contributed by atoms with Crippen molar-refractivity contribution in [2.75, 3.05) is 0 Å². The number of para-hydroxylation sites is 15. The molecule has 0 fully saturated rings. The van der Waals surface area contributed by atoms with E-state index >= 15 is 0 Å². The zero-order valence-electron chi connectivity index (χ0n) is 78.6. The van der Waals surface area contributed by atoms with E-state index in [4.69, 9.17) is 38.7 Å². The molecule has 15 heteroatoms. The molecule has 0 unspecified atom stereocenters. The molecule has 0 aliphatic rings. The highest BCUT2D eigenvalue weighted by atomic mass is 32.1. The van der Waals surface area contributed by atoms with E-state index in [-0.39, 0.29) is 0 Å². The van der Waals surface area contributed by atoms with Crippen molar-refractivity contribution in [1.29, 1.82) is 0 Å². The third-order valence-corrected chi connectivity index (χ3v) is 31.0. The Hall–Kier alpha value is -19.7. The van der Waals surface area contributed by atoms with Crippen LogP contribution in [0.2, 0.25) is 0 Å². The summed E-state index contributed by atoms with van der Waals surface area (Å²) >= 11 is 1.88. The fourth-order valence-electron chi connectivity index (χ4n) is 22.9. The van der Waals surface area contributed by atoms with Crippen molar-refractivity contribution < 1.29 is 8.83 Å². The summed E-state index contributed by atoms with van der Waals surface area (Å²) in [6.07, 6.45) is 0. The van der Waals surface area contributed by atoms with E-state index in [0.29, 0.717) is 0 Å². The Kier molecular flexibility index (Phi) is 18.1. The van der Waals surface area contributed by atoms with E-state index in [1.54, 1.807) is 0 Å². The molecular formula is C132H78N12O2S. The molecule has 21 aromatic carbocycles. The maximum atomic E-state index is 6.34. The van der Waals surface area contributed by atoms with Crippen LogP contribution in [0.25, 0.3) is 297 Å². The largest absolute Gasteiger partial charge is 0.456 e. The van der Waals surface area contributed by atoms with Crippen molar-refractivity contribution in [1.82, 2.24) is 56.8 Å². The highest BCUT2D eigenvalue weighted by Gasteiger charge is 2.27. The van der Waals surface area contributed by atoms with Crippen LogP contribution in [0.3, 0.4) is 0 Å². The lowest BCUT2D eigenvalue weighted by Gasteiger charge is -2.12. The first-order valence-electron chi connectivity index (χ1n) is 49.5. The molecule has 33 rings (SSSR count). The summed E-state index contributed by atoms with van der Waals surface area (Å²) in [5.41, 5.74) is 35.9. The van der Waals surface area contributed by atoms with Gasteiger partial charge in [-0.2, -0.15) is 0 Å². The lowest BCUT2D eigenvalue weighted by Crippen LogP contribution is -2.06. The number of hydrogen-bond donors (Lipinski definition) is 0. The van der Waals surface area contributed by atoms with Crippen LogP contribution >= 0.6 is 11.3 Å². The number of nitrogens with zero attached hydrogens (tertiary/aromatic N) is 12. The Morgan fingerprint density at radius 1 is 0.170 bits per heavy atom. The maximum Gasteiger partial charge on any atom is 0.221 e. The van der Waals surface area contributed by atoms with E-state index < -0.39 is 0 Å². The summed E-state index contributed by atoms with van der Waals surface area (Å²) in [7, 11) is 0. The van der Waals surface area contributed by atoms with Gasteiger partial charge in [-0.25, -0.2) is 29.9 Å². The molecule has 0 bridgehead atoms. The minimum atomic E-state index is 0.825. The fraction of sp³-hybridized carbons (Fsp3) is 0. The van der Waals surface area contributed by atoms with Gasteiger partial charge in [-0.05, 0) is 219 Å². The number of thiophene rings is 1. The Morgan fingerprint density at radius 3 is 0.884 bits per heavy atom. The topological polar surface area (TPSA) is 132 Å². The zero-order chi connectivity index (χ0) is 96.2. The number of benzene rings is 21. The molecule has 147 heavy (non-hydrogen) atoms. The van der Waals surface area contributed by atoms with Gasteiger partial charge in [-0.15, -0.1) is 11.3 Å². The van der Waals surface area contributed by atoms with Crippen LogP contribution in [0.4, 0.5) is 0 Å². The number of aromatic nitrogens is 12. The van der Waals surface area contributed by atoms with E-state index in [0.717, 1.165) is 200 Å². The van der Waals surface area contributed by atoms with Gasteiger partial charge in [0.05, 0.1) is 82.8 Å². The van der Waals surface area contributed by atoms with Crippen LogP contribution < -0.4 is 0 Å². The molecule has 14 nitrogen and oxygen atoms in total. The summed E-state index contributed by atoms with van der Waals surface area (Å²) < 4.78 is 28.6. The van der Waals surface area contributed by atoms with Crippen LogP contribution in [-0.4, -0.2) is 56.8 Å². The maximum absolute atomic E-state index is 6.34. The molecule has 0 radical (unpaired) electrons. The molecule has 684 valence electrons. The van der Waals surface area contributed by atoms with Gasteiger partial charge in [-0.3, -0.25) is 26.9 Å². The molecular weight excluding hydrogens is 1820 g/mol. The van der Waals surface area contributed by atoms with Crippen LogP contribution in [0.5, 0.6) is 0 Å². The summed E-state index contributed by atoms with van der Waals surface area (Å²) in [6.45, 7) is 0. The molecule has 0 atom stereocenters. The molecule has 0 aliphatic carbocycles. The second-order valence-corrected chi connectivity index (χ2v) is 39.0. The number of imidazole rings is 3. The van der Waals surface area contributed by atoms with Gasteiger partial charge in [-0.1, -0.05) is 315 Å². The Balaban J connectivity index is 0.0000000999. The van der Waals surface area contributed by atoms with Gasteiger partial charge < -0.3 is 8.83 Å². The Labute approximate surface area is 840 Å². The van der Waals surface area contributed by atoms with Gasteiger partial charge in [0, 0.05) is 95.8 Å². The Bertz CT molecular complexity index is 10900. The van der Waals surface area contributed by atoms with Crippen LogP contribution in [0.1, 0.15) is 0 Å². The van der Waals surface area contributed by atoms with Crippen molar-refractivity contribution in [2.24, 2.45) is 0 Å². The Morgan fingerprint density at radius 2 is 0.456 bits per heavy atom. The van der Waals surface area contributed by atoms with E-state index in [1.165, 1.54) is 97.0 Å². The number of furan rings is 2. The van der Waals surface area contributed by atoms with Crippen molar-refractivity contribution >= 4 is 224 Å². The smallest absolute Gasteiger partial charge is 0.221 e.